The summed E-state index contributed by atoms with van der Waals surface area (Å²) in [5.41, 5.74) is 8.12. The zero-order valence-electron chi connectivity index (χ0n) is 10.7. The first kappa shape index (κ1) is 13.0. The molecule has 3 rings (SSSR count). The number of rotatable bonds is 3. The molecule has 1 aliphatic carbocycles. The Bertz CT molecular complexity index is 632. The maximum Gasteiger partial charge on any atom is 0.131 e. The molecule has 0 spiro atoms. The molecule has 0 aliphatic heterocycles. The van der Waals surface area contributed by atoms with E-state index in [0.717, 1.165) is 33.9 Å². The van der Waals surface area contributed by atoms with Crippen LogP contribution in [0.15, 0.2) is 22.7 Å². The predicted molar refractivity (Wildman–Crippen MR) is 82.4 cm³/mol. The molecule has 0 saturated heterocycles. The number of aromatic nitrogens is 2. The largest absolute Gasteiger partial charge is 0.383 e. The zero-order valence-corrected chi connectivity index (χ0v) is 13.0. The smallest absolute Gasteiger partial charge is 0.131 e. The van der Waals surface area contributed by atoms with Crippen molar-refractivity contribution in [3.63, 3.8) is 0 Å². The summed E-state index contributed by atoms with van der Waals surface area (Å²) in [5.74, 6) is 2.45. The molecule has 1 fully saturated rings. The van der Waals surface area contributed by atoms with Crippen LogP contribution in [0, 0.1) is 0 Å². The first-order valence-electron chi connectivity index (χ1n) is 6.43. The molecular formula is C14H15BrClN3. The average Bonchev–Trinajstić information content (AvgIpc) is 3.15. The van der Waals surface area contributed by atoms with E-state index in [0.29, 0.717) is 10.9 Å². The number of nitrogens with two attached hydrogens (primary N) is 1. The summed E-state index contributed by atoms with van der Waals surface area (Å²) in [6.45, 7) is 2.96. The minimum Gasteiger partial charge on any atom is -0.383 e. The highest BCUT2D eigenvalue weighted by atomic mass is 79.9. The van der Waals surface area contributed by atoms with Gasteiger partial charge in [-0.15, -0.1) is 0 Å². The second kappa shape index (κ2) is 4.84. The monoisotopic (exact) mass is 339 g/mol. The standard InChI is InChI=1S/C14H15BrClN3/c1-2-19-13(17)12(18-14(19)8-3-4-8)10-6-5-9(16)7-11(10)15/h5-8H,2-4,17H2,1H3. The normalized spacial score (nSPS) is 14.9. The molecular weight excluding hydrogens is 326 g/mol. The molecule has 0 unspecified atom stereocenters. The Kier molecular flexibility index (Phi) is 3.31. The van der Waals surface area contributed by atoms with Crippen LogP contribution in [0.5, 0.6) is 0 Å². The molecule has 1 saturated carbocycles. The summed E-state index contributed by atoms with van der Waals surface area (Å²) in [4.78, 5) is 4.77. The van der Waals surface area contributed by atoms with Crippen molar-refractivity contribution in [3.05, 3.63) is 33.5 Å². The Balaban J connectivity index is 2.14. The van der Waals surface area contributed by atoms with Crippen molar-refractivity contribution in [2.45, 2.75) is 32.2 Å². The Hall–Kier alpha value is -1.00. The fraction of sp³-hybridized carbons (Fsp3) is 0.357. The summed E-state index contributed by atoms with van der Waals surface area (Å²) < 4.78 is 3.04. The fourth-order valence-corrected chi connectivity index (χ4v) is 3.22. The van der Waals surface area contributed by atoms with Gasteiger partial charge in [-0.05, 0) is 31.9 Å². The van der Waals surface area contributed by atoms with E-state index in [1.54, 1.807) is 0 Å². The van der Waals surface area contributed by atoms with Gasteiger partial charge in [0.2, 0.25) is 0 Å². The molecule has 1 aromatic carbocycles. The highest BCUT2D eigenvalue weighted by Gasteiger charge is 2.30. The number of anilines is 1. The molecule has 0 amide bonds. The molecule has 3 nitrogen and oxygen atoms in total. The molecule has 1 aromatic heterocycles. The van der Waals surface area contributed by atoms with Gasteiger partial charge in [0.25, 0.3) is 0 Å². The molecule has 1 aliphatic rings. The number of nitrogen functional groups attached to an aromatic ring is 1. The van der Waals surface area contributed by atoms with E-state index >= 15 is 0 Å². The fourth-order valence-electron chi connectivity index (χ4n) is 2.35. The summed E-state index contributed by atoms with van der Waals surface area (Å²) in [7, 11) is 0. The highest BCUT2D eigenvalue weighted by molar-refractivity contribution is 9.10. The number of hydrogen-bond donors (Lipinski definition) is 1. The minimum atomic E-state index is 0.585. The highest BCUT2D eigenvalue weighted by Crippen LogP contribution is 2.43. The Morgan fingerprint density at radius 2 is 2.21 bits per heavy atom. The van der Waals surface area contributed by atoms with Crippen LogP contribution in [0.2, 0.25) is 5.02 Å². The molecule has 100 valence electrons. The lowest BCUT2D eigenvalue weighted by Crippen LogP contribution is -2.04. The Labute approximate surface area is 125 Å². The van der Waals surface area contributed by atoms with Gasteiger partial charge in [-0.25, -0.2) is 4.98 Å². The topological polar surface area (TPSA) is 43.8 Å². The van der Waals surface area contributed by atoms with E-state index in [2.05, 4.69) is 27.4 Å². The van der Waals surface area contributed by atoms with Gasteiger partial charge in [0.05, 0.1) is 0 Å². The second-order valence-electron chi connectivity index (χ2n) is 4.85. The van der Waals surface area contributed by atoms with E-state index in [4.69, 9.17) is 22.3 Å². The van der Waals surface area contributed by atoms with Crippen LogP contribution in [0.1, 0.15) is 31.5 Å². The summed E-state index contributed by atoms with van der Waals surface area (Å²) >= 11 is 9.52. The average molecular weight is 341 g/mol. The van der Waals surface area contributed by atoms with E-state index in [1.807, 2.05) is 18.2 Å². The van der Waals surface area contributed by atoms with E-state index in [1.165, 1.54) is 12.8 Å². The quantitative estimate of drug-likeness (QED) is 0.897. The number of nitrogens with zero attached hydrogens (tertiary/aromatic N) is 2. The molecule has 5 heteroatoms. The number of benzene rings is 1. The van der Waals surface area contributed by atoms with Gasteiger partial charge in [-0.3, -0.25) is 0 Å². The second-order valence-corrected chi connectivity index (χ2v) is 6.14. The van der Waals surface area contributed by atoms with Gasteiger partial charge in [-0.2, -0.15) is 0 Å². The van der Waals surface area contributed by atoms with Crippen LogP contribution in [0.3, 0.4) is 0 Å². The van der Waals surface area contributed by atoms with Crippen LogP contribution in [-0.2, 0) is 6.54 Å². The van der Waals surface area contributed by atoms with Crippen LogP contribution < -0.4 is 5.73 Å². The van der Waals surface area contributed by atoms with Gasteiger partial charge in [0.1, 0.15) is 17.3 Å². The van der Waals surface area contributed by atoms with Crippen molar-refractivity contribution >= 4 is 33.3 Å². The Morgan fingerprint density at radius 1 is 1.47 bits per heavy atom. The zero-order chi connectivity index (χ0) is 13.6. The molecule has 0 radical (unpaired) electrons. The molecule has 2 N–H and O–H groups in total. The minimum absolute atomic E-state index is 0.585. The van der Waals surface area contributed by atoms with E-state index < -0.39 is 0 Å². The first-order valence-corrected chi connectivity index (χ1v) is 7.60. The van der Waals surface area contributed by atoms with Gasteiger partial charge >= 0.3 is 0 Å². The van der Waals surface area contributed by atoms with Gasteiger partial charge in [-0.1, -0.05) is 33.6 Å². The lowest BCUT2D eigenvalue weighted by Gasteiger charge is -2.06. The maximum absolute atomic E-state index is 6.27. The van der Waals surface area contributed by atoms with Crippen molar-refractivity contribution in [2.75, 3.05) is 5.73 Å². The lowest BCUT2D eigenvalue weighted by molar-refractivity contribution is 0.708. The third kappa shape index (κ3) is 2.28. The third-order valence-corrected chi connectivity index (χ3v) is 4.37. The van der Waals surface area contributed by atoms with Crippen molar-refractivity contribution in [2.24, 2.45) is 0 Å². The lowest BCUT2D eigenvalue weighted by atomic mass is 10.1. The number of hydrogen-bond acceptors (Lipinski definition) is 2. The van der Waals surface area contributed by atoms with Crippen molar-refractivity contribution in [1.29, 1.82) is 0 Å². The van der Waals surface area contributed by atoms with Crippen LogP contribution in [-0.4, -0.2) is 9.55 Å². The third-order valence-electron chi connectivity index (χ3n) is 3.48. The van der Waals surface area contributed by atoms with Crippen molar-refractivity contribution < 1.29 is 0 Å². The summed E-state index contributed by atoms with van der Waals surface area (Å²) in [5, 5.41) is 0.700. The number of imidazole rings is 1. The van der Waals surface area contributed by atoms with Gasteiger partial charge in [0.15, 0.2) is 0 Å². The van der Waals surface area contributed by atoms with Gasteiger partial charge in [0, 0.05) is 27.5 Å². The van der Waals surface area contributed by atoms with Crippen LogP contribution >= 0.6 is 27.5 Å². The number of halogens is 2. The maximum atomic E-state index is 6.27. The summed E-state index contributed by atoms with van der Waals surface area (Å²) in [6.07, 6.45) is 2.44. The van der Waals surface area contributed by atoms with Crippen molar-refractivity contribution in [3.8, 4) is 11.3 Å². The molecule has 0 atom stereocenters. The van der Waals surface area contributed by atoms with Gasteiger partial charge < -0.3 is 10.3 Å². The van der Waals surface area contributed by atoms with E-state index in [9.17, 15) is 0 Å². The predicted octanol–water partition coefficient (Wildman–Crippen LogP) is 4.45. The molecule has 1 heterocycles. The SMILES string of the molecule is CCn1c(C2CC2)nc(-c2ccc(Cl)cc2Br)c1N. The van der Waals surface area contributed by atoms with Crippen LogP contribution in [0.4, 0.5) is 5.82 Å². The molecule has 2 aromatic rings. The molecule has 19 heavy (non-hydrogen) atoms. The first-order chi connectivity index (χ1) is 9.11. The molecule has 0 bridgehead atoms. The Morgan fingerprint density at radius 3 is 2.79 bits per heavy atom. The van der Waals surface area contributed by atoms with Crippen LogP contribution in [0.25, 0.3) is 11.3 Å². The summed E-state index contributed by atoms with van der Waals surface area (Å²) in [6, 6.07) is 5.70. The van der Waals surface area contributed by atoms with Crippen molar-refractivity contribution in [1.82, 2.24) is 9.55 Å². The van der Waals surface area contributed by atoms with E-state index in [-0.39, 0.29) is 0 Å².